The van der Waals surface area contributed by atoms with Crippen LogP contribution in [-0.4, -0.2) is 26.8 Å². The normalized spacial score (nSPS) is 10.7. The zero-order valence-corrected chi connectivity index (χ0v) is 11.5. The van der Waals surface area contributed by atoms with Crippen LogP contribution in [-0.2, 0) is 13.6 Å². The average Bonchev–Trinajstić information content (AvgIpc) is 2.90. The van der Waals surface area contributed by atoms with E-state index in [1.165, 1.54) is 0 Å². The molecule has 0 fully saturated rings. The van der Waals surface area contributed by atoms with Gasteiger partial charge in [0.15, 0.2) is 0 Å². The quantitative estimate of drug-likeness (QED) is 0.757. The number of rotatable bonds is 4. The van der Waals surface area contributed by atoms with Gasteiger partial charge in [0.1, 0.15) is 5.82 Å². The fourth-order valence-electron chi connectivity index (χ4n) is 2.05. The van der Waals surface area contributed by atoms with Crippen molar-refractivity contribution in [2.24, 2.45) is 7.05 Å². The summed E-state index contributed by atoms with van der Waals surface area (Å²) in [6.07, 6.45) is 1.92. The van der Waals surface area contributed by atoms with Crippen LogP contribution in [0.1, 0.15) is 5.69 Å². The maximum atomic E-state index is 4.47. The molecule has 1 aromatic carbocycles. The lowest BCUT2D eigenvalue weighted by molar-refractivity contribution is 0.747. The standard InChI is InChI=1S/C14H16N6/c1-15-14-17-12-6-4-3-5-11(12)13(18-14)16-9-10-7-8-20(2)19-10/h3-8H,9H2,1-2H3,(H2,15,16,17,18). The summed E-state index contributed by atoms with van der Waals surface area (Å²) in [6.45, 7) is 0.630. The number of anilines is 2. The monoisotopic (exact) mass is 268 g/mol. The van der Waals surface area contributed by atoms with Crippen molar-refractivity contribution in [3.05, 3.63) is 42.2 Å². The molecule has 0 spiro atoms. The summed E-state index contributed by atoms with van der Waals surface area (Å²) < 4.78 is 1.79. The highest BCUT2D eigenvalue weighted by Crippen LogP contribution is 2.21. The third-order valence-corrected chi connectivity index (χ3v) is 3.03. The Morgan fingerprint density at radius 1 is 1.15 bits per heavy atom. The van der Waals surface area contributed by atoms with Gasteiger partial charge in [-0.15, -0.1) is 0 Å². The van der Waals surface area contributed by atoms with E-state index in [1.807, 2.05) is 50.6 Å². The third kappa shape index (κ3) is 2.40. The molecule has 2 aromatic heterocycles. The molecule has 0 bridgehead atoms. The van der Waals surface area contributed by atoms with Gasteiger partial charge in [0.2, 0.25) is 5.95 Å². The lowest BCUT2D eigenvalue weighted by atomic mass is 10.2. The van der Waals surface area contributed by atoms with Crippen molar-refractivity contribution < 1.29 is 0 Å². The van der Waals surface area contributed by atoms with Crippen LogP contribution < -0.4 is 10.6 Å². The van der Waals surface area contributed by atoms with Crippen molar-refractivity contribution >= 4 is 22.7 Å². The zero-order valence-electron chi connectivity index (χ0n) is 11.5. The van der Waals surface area contributed by atoms with Gasteiger partial charge in [0, 0.05) is 25.7 Å². The van der Waals surface area contributed by atoms with E-state index in [2.05, 4.69) is 25.7 Å². The Bertz CT molecular complexity index is 733. The second kappa shape index (κ2) is 5.16. The first-order chi connectivity index (χ1) is 9.76. The fraction of sp³-hybridized carbons (Fsp3) is 0.214. The molecule has 2 heterocycles. The summed E-state index contributed by atoms with van der Waals surface area (Å²) in [5.74, 6) is 1.41. The van der Waals surface area contributed by atoms with Gasteiger partial charge in [-0.05, 0) is 18.2 Å². The largest absolute Gasteiger partial charge is 0.364 e. The minimum atomic E-state index is 0.604. The van der Waals surface area contributed by atoms with Crippen molar-refractivity contribution in [1.82, 2.24) is 19.7 Å². The van der Waals surface area contributed by atoms with Crippen molar-refractivity contribution in [3.8, 4) is 0 Å². The van der Waals surface area contributed by atoms with E-state index in [-0.39, 0.29) is 0 Å². The summed E-state index contributed by atoms with van der Waals surface area (Å²) in [5.41, 5.74) is 1.89. The molecule has 0 aliphatic heterocycles. The number of nitrogens with one attached hydrogen (secondary N) is 2. The summed E-state index contributed by atoms with van der Waals surface area (Å²) in [6, 6.07) is 9.92. The molecule has 20 heavy (non-hydrogen) atoms. The molecular formula is C14H16N6. The van der Waals surface area contributed by atoms with Gasteiger partial charge in [0.25, 0.3) is 0 Å². The second-order valence-electron chi connectivity index (χ2n) is 4.50. The minimum absolute atomic E-state index is 0.604. The number of nitrogens with zero attached hydrogens (tertiary/aromatic N) is 4. The van der Waals surface area contributed by atoms with Crippen LogP contribution in [0.4, 0.5) is 11.8 Å². The number of aryl methyl sites for hydroxylation is 1. The molecule has 0 unspecified atom stereocenters. The van der Waals surface area contributed by atoms with Gasteiger partial charge in [-0.3, -0.25) is 4.68 Å². The van der Waals surface area contributed by atoms with Gasteiger partial charge < -0.3 is 10.6 Å². The zero-order chi connectivity index (χ0) is 13.9. The van der Waals surface area contributed by atoms with Crippen molar-refractivity contribution in [2.45, 2.75) is 6.54 Å². The van der Waals surface area contributed by atoms with E-state index in [0.29, 0.717) is 12.5 Å². The highest BCUT2D eigenvalue weighted by Gasteiger charge is 2.07. The van der Waals surface area contributed by atoms with Crippen LogP contribution in [0.25, 0.3) is 10.9 Å². The molecule has 6 nitrogen and oxygen atoms in total. The molecular weight excluding hydrogens is 252 g/mol. The summed E-state index contributed by atoms with van der Waals surface area (Å²) >= 11 is 0. The number of para-hydroxylation sites is 1. The average molecular weight is 268 g/mol. The highest BCUT2D eigenvalue weighted by molar-refractivity contribution is 5.89. The molecule has 6 heteroatoms. The SMILES string of the molecule is CNc1nc(NCc2ccn(C)n2)c2ccccc2n1. The molecule has 3 aromatic rings. The first-order valence-electron chi connectivity index (χ1n) is 6.43. The number of aromatic nitrogens is 4. The predicted octanol–water partition coefficient (Wildman–Crippen LogP) is 2.02. The molecule has 0 saturated heterocycles. The van der Waals surface area contributed by atoms with Crippen LogP contribution in [0.5, 0.6) is 0 Å². The summed E-state index contributed by atoms with van der Waals surface area (Å²) in [7, 11) is 3.72. The van der Waals surface area contributed by atoms with E-state index >= 15 is 0 Å². The van der Waals surface area contributed by atoms with Crippen LogP contribution >= 0.6 is 0 Å². The topological polar surface area (TPSA) is 67.7 Å². The Hall–Kier alpha value is -2.63. The Labute approximate surface area is 116 Å². The smallest absolute Gasteiger partial charge is 0.224 e. The molecule has 0 aliphatic carbocycles. The maximum absolute atomic E-state index is 4.47. The number of hydrogen-bond donors (Lipinski definition) is 2. The van der Waals surface area contributed by atoms with E-state index in [9.17, 15) is 0 Å². The Balaban J connectivity index is 1.93. The molecule has 102 valence electrons. The molecule has 0 atom stereocenters. The Morgan fingerprint density at radius 2 is 2.00 bits per heavy atom. The van der Waals surface area contributed by atoms with E-state index in [0.717, 1.165) is 22.4 Å². The molecule has 0 radical (unpaired) electrons. The molecule has 0 saturated carbocycles. The van der Waals surface area contributed by atoms with Gasteiger partial charge in [0.05, 0.1) is 17.8 Å². The summed E-state index contributed by atoms with van der Waals surface area (Å²) in [4.78, 5) is 8.90. The van der Waals surface area contributed by atoms with E-state index in [4.69, 9.17) is 0 Å². The third-order valence-electron chi connectivity index (χ3n) is 3.03. The van der Waals surface area contributed by atoms with Crippen molar-refractivity contribution in [2.75, 3.05) is 17.7 Å². The highest BCUT2D eigenvalue weighted by atomic mass is 15.3. The van der Waals surface area contributed by atoms with Crippen LogP contribution in [0, 0.1) is 0 Å². The first-order valence-corrected chi connectivity index (χ1v) is 6.43. The fourth-order valence-corrected chi connectivity index (χ4v) is 2.05. The van der Waals surface area contributed by atoms with E-state index in [1.54, 1.807) is 4.68 Å². The van der Waals surface area contributed by atoms with Crippen molar-refractivity contribution in [3.63, 3.8) is 0 Å². The van der Waals surface area contributed by atoms with Crippen molar-refractivity contribution in [1.29, 1.82) is 0 Å². The Kier molecular flexibility index (Phi) is 3.20. The van der Waals surface area contributed by atoms with E-state index < -0.39 is 0 Å². The predicted molar refractivity (Wildman–Crippen MR) is 79.6 cm³/mol. The van der Waals surface area contributed by atoms with Gasteiger partial charge in [-0.25, -0.2) is 4.98 Å². The number of benzene rings is 1. The van der Waals surface area contributed by atoms with Gasteiger partial charge >= 0.3 is 0 Å². The lowest BCUT2D eigenvalue weighted by Crippen LogP contribution is -2.06. The first kappa shape index (κ1) is 12.4. The van der Waals surface area contributed by atoms with Crippen LogP contribution in [0.2, 0.25) is 0 Å². The van der Waals surface area contributed by atoms with Gasteiger partial charge in [-0.1, -0.05) is 12.1 Å². The summed E-state index contributed by atoms with van der Waals surface area (Å²) in [5, 5.41) is 11.7. The van der Waals surface area contributed by atoms with Gasteiger partial charge in [-0.2, -0.15) is 10.1 Å². The second-order valence-corrected chi connectivity index (χ2v) is 4.50. The maximum Gasteiger partial charge on any atom is 0.224 e. The molecule has 0 amide bonds. The Morgan fingerprint density at radius 3 is 2.75 bits per heavy atom. The lowest BCUT2D eigenvalue weighted by Gasteiger charge is -2.09. The number of fused-ring (bicyclic) bond motifs is 1. The van der Waals surface area contributed by atoms with Crippen LogP contribution in [0.15, 0.2) is 36.5 Å². The molecule has 2 N–H and O–H groups in total. The molecule has 3 rings (SSSR count). The number of hydrogen-bond acceptors (Lipinski definition) is 5. The van der Waals surface area contributed by atoms with Crippen LogP contribution in [0.3, 0.4) is 0 Å². The molecule has 0 aliphatic rings. The minimum Gasteiger partial charge on any atom is -0.364 e.